The van der Waals surface area contributed by atoms with Crippen LogP contribution in [0, 0.1) is 5.82 Å². The van der Waals surface area contributed by atoms with Crippen molar-refractivity contribution in [1.82, 2.24) is 10.6 Å². The first-order chi connectivity index (χ1) is 9.66. The molecule has 1 unspecified atom stereocenters. The molecule has 108 valence electrons. The first-order valence-corrected chi connectivity index (χ1v) is 7.60. The molecule has 1 aliphatic heterocycles. The van der Waals surface area contributed by atoms with Gasteiger partial charge in [0.1, 0.15) is 11.9 Å². The van der Waals surface area contributed by atoms with Crippen LogP contribution in [-0.2, 0) is 9.59 Å². The Labute approximate surface area is 121 Å². The zero-order chi connectivity index (χ0) is 14.4. The monoisotopic (exact) mass is 296 g/mol. The molecule has 0 bridgehead atoms. The molecule has 20 heavy (non-hydrogen) atoms. The van der Waals surface area contributed by atoms with E-state index in [1.165, 1.54) is 6.07 Å². The van der Waals surface area contributed by atoms with Crippen molar-refractivity contribution >= 4 is 23.6 Å². The van der Waals surface area contributed by atoms with Gasteiger partial charge in [0.25, 0.3) is 0 Å². The Balaban J connectivity index is 1.83. The second-order valence-electron chi connectivity index (χ2n) is 4.63. The van der Waals surface area contributed by atoms with Gasteiger partial charge in [-0.25, -0.2) is 4.39 Å². The molecular formula is C14H17FN2O2S. The van der Waals surface area contributed by atoms with Gasteiger partial charge in [-0.05, 0) is 31.4 Å². The highest BCUT2D eigenvalue weighted by atomic mass is 32.2. The molecule has 0 spiro atoms. The van der Waals surface area contributed by atoms with E-state index in [-0.39, 0.29) is 23.4 Å². The maximum Gasteiger partial charge on any atom is 0.242 e. The summed E-state index contributed by atoms with van der Waals surface area (Å²) in [6.45, 7) is 0.662. The van der Waals surface area contributed by atoms with Crippen LogP contribution >= 0.6 is 11.8 Å². The fraction of sp³-hybridized carbons (Fsp3) is 0.429. The van der Waals surface area contributed by atoms with Crippen molar-refractivity contribution in [1.29, 1.82) is 0 Å². The fourth-order valence-corrected chi connectivity index (χ4v) is 2.77. The van der Waals surface area contributed by atoms with E-state index in [2.05, 4.69) is 10.6 Å². The summed E-state index contributed by atoms with van der Waals surface area (Å²) in [5, 5.41) is 5.47. The molecule has 1 aromatic rings. The maximum absolute atomic E-state index is 13.4. The normalized spacial score (nSPS) is 19.1. The summed E-state index contributed by atoms with van der Waals surface area (Å²) in [5.41, 5.74) is 0. The molecule has 1 fully saturated rings. The molecule has 2 amide bonds. The van der Waals surface area contributed by atoms with Crippen LogP contribution in [0.4, 0.5) is 4.39 Å². The highest BCUT2D eigenvalue weighted by Gasteiger charge is 2.22. The van der Waals surface area contributed by atoms with Crippen LogP contribution in [0.25, 0.3) is 0 Å². The van der Waals surface area contributed by atoms with Gasteiger partial charge in [0.2, 0.25) is 11.8 Å². The molecule has 0 radical (unpaired) electrons. The van der Waals surface area contributed by atoms with Crippen LogP contribution in [0.2, 0.25) is 0 Å². The molecule has 0 aromatic heterocycles. The van der Waals surface area contributed by atoms with Gasteiger partial charge in [-0.15, -0.1) is 11.8 Å². The van der Waals surface area contributed by atoms with Crippen molar-refractivity contribution < 1.29 is 14.0 Å². The number of nitrogens with one attached hydrogen (secondary N) is 2. The summed E-state index contributed by atoms with van der Waals surface area (Å²) in [7, 11) is 0. The summed E-state index contributed by atoms with van der Waals surface area (Å²) >= 11 is 1.13. The van der Waals surface area contributed by atoms with Gasteiger partial charge in [-0.3, -0.25) is 9.59 Å². The van der Waals surface area contributed by atoms with E-state index in [1.807, 2.05) is 0 Å². The Morgan fingerprint density at radius 3 is 3.00 bits per heavy atom. The lowest BCUT2D eigenvalue weighted by Gasteiger charge is -2.15. The van der Waals surface area contributed by atoms with Crippen molar-refractivity contribution in [2.45, 2.75) is 30.2 Å². The zero-order valence-corrected chi connectivity index (χ0v) is 11.8. The van der Waals surface area contributed by atoms with Crippen LogP contribution in [0.1, 0.15) is 19.3 Å². The number of rotatable bonds is 4. The third kappa shape index (κ3) is 4.23. The van der Waals surface area contributed by atoms with E-state index >= 15 is 0 Å². The summed E-state index contributed by atoms with van der Waals surface area (Å²) < 4.78 is 13.4. The first-order valence-electron chi connectivity index (χ1n) is 6.61. The number of thioether (sulfide) groups is 1. The largest absolute Gasteiger partial charge is 0.354 e. The molecule has 1 aromatic carbocycles. The molecule has 6 heteroatoms. The molecule has 4 nitrogen and oxygen atoms in total. The average molecular weight is 296 g/mol. The van der Waals surface area contributed by atoms with Crippen molar-refractivity contribution in [2.75, 3.05) is 12.3 Å². The van der Waals surface area contributed by atoms with Gasteiger partial charge >= 0.3 is 0 Å². The molecular weight excluding hydrogens is 279 g/mol. The lowest BCUT2D eigenvalue weighted by molar-refractivity contribution is -0.127. The number of hydrogen-bond acceptors (Lipinski definition) is 3. The van der Waals surface area contributed by atoms with Crippen LogP contribution in [-0.4, -0.2) is 30.2 Å². The minimum Gasteiger partial charge on any atom is -0.354 e. The fourth-order valence-electron chi connectivity index (χ4n) is 2.02. The number of carbonyl (C=O) groups is 2. The molecule has 0 saturated carbocycles. The number of amides is 2. The standard InChI is InChI=1S/C14H17FN2O2S/c15-10-5-1-2-7-12(10)20-9-13(18)17-11-6-3-4-8-16-14(11)19/h1-2,5,7,11H,3-4,6,8-9H2,(H,16,19)(H,17,18). The van der Waals surface area contributed by atoms with Crippen molar-refractivity contribution in [3.63, 3.8) is 0 Å². The Hall–Kier alpha value is -1.56. The third-order valence-corrected chi connectivity index (χ3v) is 4.11. The van der Waals surface area contributed by atoms with Crippen LogP contribution < -0.4 is 10.6 Å². The SMILES string of the molecule is O=C(CSc1ccccc1F)NC1CCCCNC1=O. The van der Waals surface area contributed by atoms with E-state index in [0.717, 1.165) is 24.6 Å². The van der Waals surface area contributed by atoms with E-state index in [1.54, 1.807) is 18.2 Å². The van der Waals surface area contributed by atoms with Gasteiger partial charge in [0.05, 0.1) is 5.75 Å². The number of benzene rings is 1. The Morgan fingerprint density at radius 2 is 2.20 bits per heavy atom. The van der Waals surface area contributed by atoms with E-state index in [0.29, 0.717) is 17.9 Å². The Morgan fingerprint density at radius 1 is 1.40 bits per heavy atom. The minimum absolute atomic E-state index is 0.102. The van der Waals surface area contributed by atoms with Crippen LogP contribution in [0.5, 0.6) is 0 Å². The van der Waals surface area contributed by atoms with Crippen molar-refractivity contribution in [3.8, 4) is 0 Å². The van der Waals surface area contributed by atoms with E-state index in [9.17, 15) is 14.0 Å². The minimum atomic E-state index is -0.466. The van der Waals surface area contributed by atoms with Gasteiger partial charge in [-0.2, -0.15) is 0 Å². The van der Waals surface area contributed by atoms with Gasteiger partial charge in [0.15, 0.2) is 0 Å². The van der Waals surface area contributed by atoms with Crippen molar-refractivity contribution in [3.05, 3.63) is 30.1 Å². The van der Waals surface area contributed by atoms with E-state index in [4.69, 9.17) is 0 Å². The van der Waals surface area contributed by atoms with E-state index < -0.39 is 6.04 Å². The molecule has 1 atom stereocenters. The predicted octanol–water partition coefficient (Wildman–Crippen LogP) is 1.70. The second kappa shape index (κ2) is 7.28. The summed E-state index contributed by atoms with van der Waals surface area (Å²) in [4.78, 5) is 23.9. The molecule has 2 N–H and O–H groups in total. The number of halogens is 1. The molecule has 2 rings (SSSR count). The molecule has 1 aliphatic rings. The van der Waals surface area contributed by atoms with Crippen molar-refractivity contribution in [2.24, 2.45) is 0 Å². The second-order valence-corrected chi connectivity index (χ2v) is 5.64. The van der Waals surface area contributed by atoms with Crippen LogP contribution in [0.15, 0.2) is 29.2 Å². The van der Waals surface area contributed by atoms with Gasteiger partial charge in [0, 0.05) is 11.4 Å². The lowest BCUT2D eigenvalue weighted by Crippen LogP contribution is -2.46. The zero-order valence-electron chi connectivity index (χ0n) is 11.0. The lowest BCUT2D eigenvalue weighted by atomic mass is 10.1. The number of hydrogen-bond donors (Lipinski definition) is 2. The maximum atomic E-state index is 13.4. The summed E-state index contributed by atoms with van der Waals surface area (Å²) in [6.07, 6.45) is 2.49. The topological polar surface area (TPSA) is 58.2 Å². The smallest absolute Gasteiger partial charge is 0.242 e. The third-order valence-electron chi connectivity index (χ3n) is 3.07. The molecule has 1 heterocycles. The summed E-state index contributed by atoms with van der Waals surface area (Å²) in [5.74, 6) is -0.616. The van der Waals surface area contributed by atoms with Gasteiger partial charge < -0.3 is 10.6 Å². The average Bonchev–Trinajstić information content (AvgIpc) is 2.63. The van der Waals surface area contributed by atoms with Gasteiger partial charge in [-0.1, -0.05) is 12.1 Å². The van der Waals surface area contributed by atoms with Crippen LogP contribution in [0.3, 0.4) is 0 Å². The Kier molecular flexibility index (Phi) is 5.40. The quantitative estimate of drug-likeness (QED) is 0.832. The molecule has 1 saturated heterocycles. The first kappa shape index (κ1) is 14.8. The number of carbonyl (C=O) groups excluding carboxylic acids is 2. The summed E-state index contributed by atoms with van der Waals surface area (Å²) in [6, 6.07) is 5.85. The Bertz CT molecular complexity index is 496. The molecule has 0 aliphatic carbocycles. The predicted molar refractivity (Wildman–Crippen MR) is 75.9 cm³/mol. The highest BCUT2D eigenvalue weighted by molar-refractivity contribution is 8.00. The highest BCUT2D eigenvalue weighted by Crippen LogP contribution is 2.20.